The zero-order valence-corrected chi connectivity index (χ0v) is 9.26. The van der Waals surface area contributed by atoms with Crippen molar-refractivity contribution in [1.29, 1.82) is 0 Å². The number of methoxy groups -OCH3 is 1. The van der Waals surface area contributed by atoms with Crippen molar-refractivity contribution < 1.29 is 14.3 Å². The van der Waals surface area contributed by atoms with Gasteiger partial charge in [-0.15, -0.1) is 0 Å². The number of Topliss-reactive ketones (excluding diaryl/α,β-unsaturated/α-hetero) is 1. The summed E-state index contributed by atoms with van der Waals surface area (Å²) in [5.41, 5.74) is 0. The average molecular weight is 239 g/mol. The highest BCUT2D eigenvalue weighted by Crippen LogP contribution is 2.11. The van der Waals surface area contributed by atoms with Crippen LogP contribution in [0.4, 0.5) is 0 Å². The van der Waals surface area contributed by atoms with E-state index < -0.39 is 0 Å². The summed E-state index contributed by atoms with van der Waals surface area (Å²) < 4.78 is 10.0. The minimum Gasteiger partial charge on any atom is -0.359 e. The van der Waals surface area contributed by atoms with Crippen LogP contribution in [0.3, 0.4) is 0 Å². The minimum atomic E-state index is -0.0950. The molecule has 0 radical (unpaired) electrons. The number of carbonyl (C=O) groups excluding carboxylic acids is 1. The maximum absolute atomic E-state index is 11.0. The Morgan fingerprint density at radius 2 is 2.17 bits per heavy atom. The van der Waals surface area contributed by atoms with Gasteiger partial charge in [0.15, 0.2) is 0 Å². The number of halogens is 1. The first-order valence-corrected chi connectivity index (χ1v) is 4.92. The molecule has 0 bridgehead atoms. The molecule has 0 aromatic heterocycles. The van der Waals surface area contributed by atoms with Gasteiger partial charge in [0.05, 0.1) is 6.10 Å². The van der Waals surface area contributed by atoms with Crippen molar-refractivity contribution in [2.75, 3.05) is 19.2 Å². The van der Waals surface area contributed by atoms with Gasteiger partial charge in [-0.05, 0) is 6.92 Å². The topological polar surface area (TPSA) is 35.5 Å². The molecule has 0 N–H and O–H groups in total. The highest BCUT2D eigenvalue weighted by Gasteiger charge is 2.20. The number of alkyl halides is 1. The second kappa shape index (κ2) is 6.57. The maximum atomic E-state index is 11.0. The van der Waals surface area contributed by atoms with E-state index >= 15 is 0 Å². The van der Waals surface area contributed by atoms with Gasteiger partial charge in [-0.2, -0.15) is 0 Å². The van der Waals surface area contributed by atoms with Crippen LogP contribution >= 0.6 is 15.9 Å². The second-order valence-corrected chi connectivity index (χ2v) is 3.31. The van der Waals surface area contributed by atoms with Crippen molar-refractivity contribution in [3.8, 4) is 0 Å². The second-order valence-electron chi connectivity index (χ2n) is 2.67. The van der Waals surface area contributed by atoms with Crippen molar-refractivity contribution in [3.63, 3.8) is 0 Å². The van der Waals surface area contributed by atoms with Crippen LogP contribution in [0.15, 0.2) is 0 Å². The Morgan fingerprint density at radius 3 is 2.50 bits per heavy atom. The molecule has 72 valence electrons. The molecule has 0 amide bonds. The molecular formula is C8H15BrO3. The number of ketones is 1. The van der Waals surface area contributed by atoms with Gasteiger partial charge in [0.25, 0.3) is 0 Å². The number of rotatable bonds is 6. The number of carbonyl (C=O) groups is 1. The normalized spacial score (nSPS) is 15.7. The monoisotopic (exact) mass is 238 g/mol. The molecule has 2 atom stereocenters. The predicted octanol–water partition coefficient (Wildman–Crippen LogP) is 1.60. The highest BCUT2D eigenvalue weighted by molar-refractivity contribution is 9.09. The quantitative estimate of drug-likeness (QED) is 0.521. The van der Waals surface area contributed by atoms with Crippen molar-refractivity contribution in [3.05, 3.63) is 0 Å². The molecule has 0 aromatic rings. The number of hydrogen-bond donors (Lipinski definition) is 0. The molecule has 3 nitrogen and oxygen atoms in total. The van der Waals surface area contributed by atoms with E-state index in [0.29, 0.717) is 5.33 Å². The SMILES string of the molecule is COCO[C@@H](CBr)[C@@H](C)C(C)=O. The Hall–Kier alpha value is 0.0700. The molecule has 0 aromatic carbocycles. The first-order chi connectivity index (χ1) is 5.63. The van der Waals surface area contributed by atoms with E-state index in [4.69, 9.17) is 9.47 Å². The van der Waals surface area contributed by atoms with E-state index in [-0.39, 0.29) is 24.6 Å². The fourth-order valence-corrected chi connectivity index (χ4v) is 1.49. The summed E-state index contributed by atoms with van der Waals surface area (Å²) in [5.74, 6) is 0.0510. The molecule has 0 unspecified atom stereocenters. The summed E-state index contributed by atoms with van der Waals surface area (Å²) in [6.45, 7) is 3.65. The van der Waals surface area contributed by atoms with Gasteiger partial charge >= 0.3 is 0 Å². The zero-order chi connectivity index (χ0) is 9.56. The summed E-state index contributed by atoms with van der Waals surface area (Å²) in [5, 5.41) is 0.650. The zero-order valence-electron chi connectivity index (χ0n) is 7.67. The van der Waals surface area contributed by atoms with Gasteiger partial charge in [0.2, 0.25) is 0 Å². The standard InChI is InChI=1S/C8H15BrO3/c1-6(7(2)10)8(4-9)12-5-11-3/h6,8H,4-5H2,1-3H3/t6-,8-/m0/s1. The van der Waals surface area contributed by atoms with Gasteiger partial charge in [-0.3, -0.25) is 4.79 Å². The Balaban J connectivity index is 3.87. The molecule has 0 heterocycles. The van der Waals surface area contributed by atoms with Crippen molar-refractivity contribution >= 4 is 21.7 Å². The van der Waals surface area contributed by atoms with Crippen LogP contribution < -0.4 is 0 Å². The van der Waals surface area contributed by atoms with E-state index in [1.54, 1.807) is 14.0 Å². The van der Waals surface area contributed by atoms with Crippen molar-refractivity contribution in [1.82, 2.24) is 0 Å². The fraction of sp³-hybridized carbons (Fsp3) is 0.875. The molecule has 0 aliphatic heterocycles. The van der Waals surface area contributed by atoms with E-state index in [1.807, 2.05) is 6.92 Å². The third-order valence-electron chi connectivity index (χ3n) is 1.75. The molecule has 0 aliphatic rings. The summed E-state index contributed by atoms with van der Waals surface area (Å²) in [4.78, 5) is 11.0. The van der Waals surface area contributed by atoms with E-state index in [0.717, 1.165) is 0 Å². The Labute approximate surface area is 81.6 Å². The molecule has 4 heteroatoms. The van der Waals surface area contributed by atoms with Gasteiger partial charge in [-0.25, -0.2) is 0 Å². The van der Waals surface area contributed by atoms with Gasteiger partial charge < -0.3 is 9.47 Å². The molecule has 0 spiro atoms. The first-order valence-electron chi connectivity index (χ1n) is 3.80. The number of ether oxygens (including phenoxy) is 2. The smallest absolute Gasteiger partial charge is 0.146 e. The van der Waals surface area contributed by atoms with Gasteiger partial charge in [-0.1, -0.05) is 22.9 Å². The van der Waals surface area contributed by atoms with E-state index in [2.05, 4.69) is 15.9 Å². The third kappa shape index (κ3) is 4.18. The van der Waals surface area contributed by atoms with Crippen LogP contribution in [0.2, 0.25) is 0 Å². The van der Waals surface area contributed by atoms with Gasteiger partial charge in [0.1, 0.15) is 12.6 Å². The van der Waals surface area contributed by atoms with Crippen LogP contribution in [0.1, 0.15) is 13.8 Å². The molecule has 0 saturated heterocycles. The summed E-state index contributed by atoms with van der Waals surface area (Å²) in [6.07, 6.45) is -0.0950. The molecule has 0 saturated carbocycles. The van der Waals surface area contributed by atoms with Gasteiger partial charge in [0, 0.05) is 18.4 Å². The van der Waals surface area contributed by atoms with Crippen molar-refractivity contribution in [2.45, 2.75) is 20.0 Å². The molecular weight excluding hydrogens is 224 g/mol. The Kier molecular flexibility index (Phi) is 6.61. The maximum Gasteiger partial charge on any atom is 0.146 e. The van der Waals surface area contributed by atoms with Crippen LogP contribution in [0.5, 0.6) is 0 Å². The Morgan fingerprint density at radius 1 is 1.58 bits per heavy atom. The predicted molar refractivity (Wildman–Crippen MR) is 50.4 cm³/mol. The lowest BCUT2D eigenvalue weighted by Crippen LogP contribution is -2.29. The molecule has 0 fully saturated rings. The first kappa shape index (κ1) is 12.1. The third-order valence-corrected chi connectivity index (χ3v) is 2.39. The average Bonchev–Trinajstić information content (AvgIpc) is 2.05. The molecule has 0 aliphatic carbocycles. The van der Waals surface area contributed by atoms with E-state index in [1.165, 1.54) is 0 Å². The lowest BCUT2D eigenvalue weighted by molar-refractivity contribution is -0.129. The van der Waals surface area contributed by atoms with Crippen molar-refractivity contribution in [2.24, 2.45) is 5.92 Å². The highest BCUT2D eigenvalue weighted by atomic mass is 79.9. The summed E-state index contributed by atoms with van der Waals surface area (Å²) >= 11 is 3.28. The van der Waals surface area contributed by atoms with E-state index in [9.17, 15) is 4.79 Å². The van der Waals surface area contributed by atoms with Crippen LogP contribution in [-0.4, -0.2) is 31.1 Å². The van der Waals surface area contributed by atoms with Crippen LogP contribution in [0, 0.1) is 5.92 Å². The summed E-state index contributed by atoms with van der Waals surface area (Å²) in [6, 6.07) is 0. The molecule has 0 rings (SSSR count). The molecule has 12 heavy (non-hydrogen) atoms. The number of hydrogen-bond acceptors (Lipinski definition) is 3. The lowest BCUT2D eigenvalue weighted by Gasteiger charge is -2.19. The van der Waals surface area contributed by atoms with Crippen LogP contribution in [-0.2, 0) is 14.3 Å². The minimum absolute atomic E-state index is 0.0838. The largest absolute Gasteiger partial charge is 0.359 e. The van der Waals surface area contributed by atoms with Crippen LogP contribution in [0.25, 0.3) is 0 Å². The summed E-state index contributed by atoms with van der Waals surface area (Å²) in [7, 11) is 1.56. The Bertz CT molecular complexity index is 138. The fourth-order valence-electron chi connectivity index (χ4n) is 0.740. The lowest BCUT2D eigenvalue weighted by atomic mass is 10.0.